The predicted molar refractivity (Wildman–Crippen MR) is 127 cm³/mol. The standard InChI is InChI=1S/C25H25N3O4S/c1-3-28-13-12-19-20(14-28)33-24-21(19)23(29)26-22(27-24)15-4-10-18(11-5-15)32-25(30)16-6-8-17(31-2)9-7-16/h4-11,22,27H,3,12-14H2,1-2H3,(H,26,29)/t22-/m1/s1. The van der Waals surface area contributed by atoms with Gasteiger partial charge in [0.1, 0.15) is 22.7 Å². The molecule has 1 aromatic heterocycles. The van der Waals surface area contributed by atoms with Gasteiger partial charge in [0, 0.05) is 18.0 Å². The van der Waals surface area contributed by atoms with Crippen LogP contribution in [0.25, 0.3) is 0 Å². The van der Waals surface area contributed by atoms with Crippen molar-refractivity contribution in [2.45, 2.75) is 26.1 Å². The third-order valence-electron chi connectivity index (χ3n) is 6.11. The van der Waals surface area contributed by atoms with Crippen LogP contribution in [0, 0.1) is 0 Å². The lowest BCUT2D eigenvalue weighted by atomic mass is 10.0. The minimum absolute atomic E-state index is 0.0359. The molecule has 1 amide bonds. The molecule has 0 saturated heterocycles. The van der Waals surface area contributed by atoms with E-state index in [0.29, 0.717) is 17.1 Å². The first-order valence-electron chi connectivity index (χ1n) is 11.0. The molecule has 2 aromatic carbocycles. The van der Waals surface area contributed by atoms with Gasteiger partial charge in [0.25, 0.3) is 5.91 Å². The number of esters is 1. The van der Waals surface area contributed by atoms with E-state index in [1.807, 2.05) is 12.1 Å². The molecule has 0 spiro atoms. The smallest absolute Gasteiger partial charge is 0.343 e. The maximum Gasteiger partial charge on any atom is 0.343 e. The summed E-state index contributed by atoms with van der Waals surface area (Å²) in [5.74, 6) is 0.639. The second kappa shape index (κ2) is 8.88. The largest absolute Gasteiger partial charge is 0.497 e. The van der Waals surface area contributed by atoms with Gasteiger partial charge in [0.2, 0.25) is 0 Å². The Morgan fingerprint density at radius 3 is 2.52 bits per heavy atom. The Balaban J connectivity index is 1.28. The summed E-state index contributed by atoms with van der Waals surface area (Å²) in [6.45, 7) is 5.06. The molecule has 5 rings (SSSR count). The molecular formula is C25H25N3O4S. The molecule has 0 bridgehead atoms. The number of ether oxygens (including phenoxy) is 2. The molecule has 0 fully saturated rings. The number of hydrogen-bond acceptors (Lipinski definition) is 7. The van der Waals surface area contributed by atoms with Crippen molar-refractivity contribution in [3.8, 4) is 11.5 Å². The minimum Gasteiger partial charge on any atom is -0.497 e. The molecule has 2 aliphatic heterocycles. The van der Waals surface area contributed by atoms with E-state index >= 15 is 0 Å². The summed E-state index contributed by atoms with van der Waals surface area (Å²) in [6.07, 6.45) is 0.571. The number of fused-ring (bicyclic) bond motifs is 3. The maximum atomic E-state index is 12.9. The lowest BCUT2D eigenvalue weighted by Gasteiger charge is -2.28. The van der Waals surface area contributed by atoms with Gasteiger partial charge in [-0.05, 0) is 60.5 Å². The SMILES string of the molecule is CCN1CCc2c(sc3c2C(=O)N[C@@H](c2ccc(OC(=O)c4ccc(OC)cc4)cc2)N3)C1. The molecule has 3 heterocycles. The third-order valence-corrected chi connectivity index (χ3v) is 7.26. The van der Waals surface area contributed by atoms with E-state index in [9.17, 15) is 9.59 Å². The normalized spacial score (nSPS) is 17.4. The van der Waals surface area contributed by atoms with Crippen LogP contribution in [0.1, 0.15) is 49.8 Å². The van der Waals surface area contributed by atoms with E-state index in [-0.39, 0.29) is 12.1 Å². The van der Waals surface area contributed by atoms with Crippen molar-refractivity contribution in [2.24, 2.45) is 0 Å². The highest BCUT2D eigenvalue weighted by Crippen LogP contribution is 2.40. The molecular weight excluding hydrogens is 438 g/mol. The average Bonchev–Trinajstić information content (AvgIpc) is 3.22. The number of anilines is 1. The molecule has 0 saturated carbocycles. The van der Waals surface area contributed by atoms with Crippen LogP contribution < -0.4 is 20.1 Å². The number of benzene rings is 2. The average molecular weight is 464 g/mol. The van der Waals surface area contributed by atoms with Gasteiger partial charge in [-0.1, -0.05) is 19.1 Å². The van der Waals surface area contributed by atoms with Crippen molar-refractivity contribution < 1.29 is 19.1 Å². The van der Waals surface area contributed by atoms with Crippen LogP contribution in [-0.4, -0.2) is 37.0 Å². The van der Waals surface area contributed by atoms with Gasteiger partial charge in [0.15, 0.2) is 0 Å². The maximum absolute atomic E-state index is 12.9. The summed E-state index contributed by atoms with van der Waals surface area (Å²) in [5.41, 5.74) is 3.31. The van der Waals surface area contributed by atoms with Gasteiger partial charge < -0.3 is 20.1 Å². The zero-order valence-electron chi connectivity index (χ0n) is 18.5. The fraction of sp³-hybridized carbons (Fsp3) is 0.280. The summed E-state index contributed by atoms with van der Waals surface area (Å²) in [6, 6.07) is 13.9. The Morgan fingerprint density at radius 1 is 1.09 bits per heavy atom. The second-order valence-corrected chi connectivity index (χ2v) is 9.17. The molecule has 7 nitrogen and oxygen atoms in total. The molecule has 2 aliphatic rings. The molecule has 2 N–H and O–H groups in total. The zero-order valence-corrected chi connectivity index (χ0v) is 19.3. The van der Waals surface area contributed by atoms with Gasteiger partial charge in [0.05, 0.1) is 18.2 Å². The molecule has 1 atom stereocenters. The van der Waals surface area contributed by atoms with E-state index in [0.717, 1.165) is 42.2 Å². The fourth-order valence-electron chi connectivity index (χ4n) is 4.23. The van der Waals surface area contributed by atoms with E-state index in [1.54, 1.807) is 54.8 Å². The number of methoxy groups -OCH3 is 1. The Bertz CT molecular complexity index is 1190. The molecule has 0 aliphatic carbocycles. The zero-order chi connectivity index (χ0) is 22.9. The number of thiophene rings is 1. The first-order valence-corrected chi connectivity index (χ1v) is 11.8. The van der Waals surface area contributed by atoms with Crippen LogP contribution in [-0.2, 0) is 13.0 Å². The predicted octanol–water partition coefficient (Wildman–Crippen LogP) is 4.21. The van der Waals surface area contributed by atoms with Crippen molar-refractivity contribution in [3.05, 3.63) is 75.7 Å². The molecule has 0 unspecified atom stereocenters. The summed E-state index contributed by atoms with van der Waals surface area (Å²) in [5, 5.41) is 7.48. The monoisotopic (exact) mass is 463 g/mol. The molecule has 0 radical (unpaired) electrons. The molecule has 3 aromatic rings. The fourth-order valence-corrected chi connectivity index (χ4v) is 5.54. The Kier molecular flexibility index (Phi) is 5.78. The van der Waals surface area contributed by atoms with Gasteiger partial charge in [-0.3, -0.25) is 9.69 Å². The Morgan fingerprint density at radius 2 is 1.82 bits per heavy atom. The quantitative estimate of drug-likeness (QED) is 0.436. The Labute approximate surface area is 196 Å². The van der Waals surface area contributed by atoms with Crippen LogP contribution in [0.4, 0.5) is 5.00 Å². The number of amides is 1. The highest BCUT2D eigenvalue weighted by Gasteiger charge is 2.33. The summed E-state index contributed by atoms with van der Waals surface area (Å²) >= 11 is 1.68. The Hall–Kier alpha value is -3.36. The van der Waals surface area contributed by atoms with Crippen molar-refractivity contribution >= 4 is 28.2 Å². The van der Waals surface area contributed by atoms with E-state index in [4.69, 9.17) is 9.47 Å². The number of hydrogen-bond donors (Lipinski definition) is 2. The topological polar surface area (TPSA) is 79.9 Å². The number of nitrogens with zero attached hydrogens (tertiary/aromatic N) is 1. The van der Waals surface area contributed by atoms with Crippen LogP contribution in [0.2, 0.25) is 0 Å². The number of rotatable bonds is 5. The number of carbonyl (C=O) groups is 2. The number of carbonyl (C=O) groups excluding carboxylic acids is 2. The summed E-state index contributed by atoms with van der Waals surface area (Å²) in [7, 11) is 1.58. The first kappa shape index (κ1) is 21.5. The lowest BCUT2D eigenvalue weighted by molar-refractivity contribution is 0.0734. The van der Waals surface area contributed by atoms with Crippen molar-refractivity contribution in [1.29, 1.82) is 0 Å². The summed E-state index contributed by atoms with van der Waals surface area (Å²) < 4.78 is 10.6. The number of likely N-dealkylation sites (N-methyl/N-ethyl adjacent to an activating group) is 1. The molecule has 8 heteroatoms. The second-order valence-electron chi connectivity index (χ2n) is 8.06. The lowest BCUT2D eigenvalue weighted by Crippen LogP contribution is -2.38. The molecule has 33 heavy (non-hydrogen) atoms. The van der Waals surface area contributed by atoms with Crippen molar-refractivity contribution in [3.63, 3.8) is 0 Å². The van der Waals surface area contributed by atoms with Crippen LogP contribution in [0.15, 0.2) is 48.5 Å². The van der Waals surface area contributed by atoms with E-state index < -0.39 is 5.97 Å². The van der Waals surface area contributed by atoms with Crippen molar-refractivity contribution in [2.75, 3.05) is 25.5 Å². The van der Waals surface area contributed by atoms with Crippen LogP contribution in [0.5, 0.6) is 11.5 Å². The van der Waals surface area contributed by atoms with Gasteiger partial charge in [-0.15, -0.1) is 11.3 Å². The van der Waals surface area contributed by atoms with Crippen LogP contribution >= 0.6 is 11.3 Å². The highest BCUT2D eigenvalue weighted by molar-refractivity contribution is 7.16. The molecule has 170 valence electrons. The third kappa shape index (κ3) is 4.19. The number of nitrogens with one attached hydrogen (secondary N) is 2. The van der Waals surface area contributed by atoms with Gasteiger partial charge in [-0.25, -0.2) is 4.79 Å². The van der Waals surface area contributed by atoms with Gasteiger partial charge in [-0.2, -0.15) is 0 Å². The highest BCUT2D eigenvalue weighted by atomic mass is 32.1. The minimum atomic E-state index is -0.440. The van der Waals surface area contributed by atoms with Gasteiger partial charge >= 0.3 is 5.97 Å². The van der Waals surface area contributed by atoms with E-state index in [2.05, 4.69) is 22.5 Å². The van der Waals surface area contributed by atoms with Crippen molar-refractivity contribution in [1.82, 2.24) is 10.2 Å². The first-order chi connectivity index (χ1) is 16.1. The summed E-state index contributed by atoms with van der Waals surface area (Å²) in [4.78, 5) is 29.0. The van der Waals surface area contributed by atoms with Crippen LogP contribution in [0.3, 0.4) is 0 Å². The van der Waals surface area contributed by atoms with E-state index in [1.165, 1.54) is 10.4 Å².